The van der Waals surface area contributed by atoms with E-state index < -0.39 is 0 Å². The van der Waals surface area contributed by atoms with Crippen LogP contribution in [0.2, 0.25) is 5.02 Å². The third kappa shape index (κ3) is 3.19. The van der Waals surface area contributed by atoms with Crippen molar-refractivity contribution in [3.8, 4) is 11.5 Å². The van der Waals surface area contributed by atoms with Crippen molar-refractivity contribution in [3.05, 3.63) is 107 Å². The monoisotopic (exact) mass is 440 g/mol. The number of halogens is 1. The van der Waals surface area contributed by atoms with Gasteiger partial charge in [-0.2, -0.15) is 5.10 Å². The maximum absolute atomic E-state index is 6.43. The summed E-state index contributed by atoms with van der Waals surface area (Å²) in [6.45, 7) is 0. The Labute approximate surface area is 191 Å². The van der Waals surface area contributed by atoms with E-state index in [0.717, 1.165) is 40.3 Å². The maximum atomic E-state index is 6.43. The van der Waals surface area contributed by atoms with Crippen molar-refractivity contribution in [2.24, 2.45) is 5.10 Å². The van der Waals surface area contributed by atoms with Gasteiger partial charge < -0.3 is 9.47 Å². The van der Waals surface area contributed by atoms with Crippen LogP contribution in [0.4, 0.5) is 0 Å². The molecule has 0 bridgehead atoms. The molecule has 0 saturated carbocycles. The number of hydrazone groups is 1. The Morgan fingerprint density at radius 2 is 1.75 bits per heavy atom. The highest BCUT2D eigenvalue weighted by Gasteiger charge is 2.41. The minimum absolute atomic E-state index is 0.0611. The normalized spacial score (nSPS) is 19.2. The van der Waals surface area contributed by atoms with Gasteiger partial charge in [0.15, 0.2) is 0 Å². The lowest BCUT2D eigenvalue weighted by Crippen LogP contribution is -2.33. The topological polar surface area (TPSA) is 34.1 Å². The molecule has 0 saturated heterocycles. The van der Waals surface area contributed by atoms with E-state index in [-0.39, 0.29) is 12.3 Å². The van der Waals surface area contributed by atoms with Crippen molar-refractivity contribution >= 4 is 28.1 Å². The zero-order valence-corrected chi connectivity index (χ0v) is 18.3. The van der Waals surface area contributed by atoms with Crippen LogP contribution in [-0.2, 0) is 0 Å². The first-order valence-corrected chi connectivity index (χ1v) is 11.0. The largest absolute Gasteiger partial charge is 0.497 e. The molecule has 4 aromatic rings. The van der Waals surface area contributed by atoms with Crippen LogP contribution in [0.25, 0.3) is 10.8 Å². The molecule has 5 heteroatoms. The summed E-state index contributed by atoms with van der Waals surface area (Å²) in [5.74, 6) is 1.67. The van der Waals surface area contributed by atoms with E-state index in [1.54, 1.807) is 7.11 Å². The summed E-state index contributed by atoms with van der Waals surface area (Å²) in [7, 11) is 1.67. The van der Waals surface area contributed by atoms with Crippen LogP contribution in [0.3, 0.4) is 0 Å². The fraction of sp³-hybridized carbons (Fsp3) is 0.148. The highest BCUT2D eigenvalue weighted by Crippen LogP contribution is 2.48. The molecular weight excluding hydrogens is 420 g/mol. The summed E-state index contributed by atoms with van der Waals surface area (Å²) in [6, 6.07) is 28.8. The van der Waals surface area contributed by atoms with Gasteiger partial charge in [-0.25, -0.2) is 5.01 Å². The molecule has 6 rings (SSSR count). The van der Waals surface area contributed by atoms with Crippen molar-refractivity contribution in [1.82, 2.24) is 5.01 Å². The minimum Gasteiger partial charge on any atom is -0.497 e. The Morgan fingerprint density at radius 3 is 2.56 bits per heavy atom. The van der Waals surface area contributed by atoms with Gasteiger partial charge in [0.05, 0.1) is 18.9 Å². The van der Waals surface area contributed by atoms with E-state index in [0.29, 0.717) is 5.02 Å². The van der Waals surface area contributed by atoms with Gasteiger partial charge in [0.25, 0.3) is 0 Å². The first-order valence-electron chi connectivity index (χ1n) is 10.6. The number of rotatable bonds is 3. The Balaban J connectivity index is 1.44. The average Bonchev–Trinajstić information content (AvgIpc) is 3.29. The van der Waals surface area contributed by atoms with E-state index in [4.69, 9.17) is 26.2 Å². The van der Waals surface area contributed by atoms with Crippen LogP contribution in [-0.4, -0.2) is 17.8 Å². The third-order valence-corrected chi connectivity index (χ3v) is 6.47. The number of hydrogen-bond acceptors (Lipinski definition) is 4. The molecule has 2 heterocycles. The Bertz CT molecular complexity index is 1350. The van der Waals surface area contributed by atoms with E-state index in [1.165, 1.54) is 10.8 Å². The summed E-state index contributed by atoms with van der Waals surface area (Å²) in [5.41, 5.74) is 4.28. The molecule has 4 nitrogen and oxygen atoms in total. The van der Waals surface area contributed by atoms with Crippen LogP contribution in [0.5, 0.6) is 11.5 Å². The van der Waals surface area contributed by atoms with Crippen LogP contribution >= 0.6 is 11.6 Å². The number of ether oxygens (including phenoxy) is 2. The molecule has 2 aliphatic rings. The lowest BCUT2D eigenvalue weighted by atomic mass is 9.95. The molecule has 4 aromatic carbocycles. The fourth-order valence-corrected chi connectivity index (χ4v) is 4.77. The van der Waals surface area contributed by atoms with Gasteiger partial charge in [0.1, 0.15) is 11.5 Å². The summed E-state index contributed by atoms with van der Waals surface area (Å²) in [4.78, 5) is 0. The van der Waals surface area contributed by atoms with Gasteiger partial charge in [-0.05, 0) is 64.9 Å². The molecule has 0 amide bonds. The molecule has 32 heavy (non-hydrogen) atoms. The lowest BCUT2D eigenvalue weighted by Gasteiger charge is -2.38. The van der Waals surface area contributed by atoms with Crippen LogP contribution in [0.15, 0.2) is 90.0 Å². The second kappa shape index (κ2) is 7.57. The zero-order valence-electron chi connectivity index (χ0n) is 17.5. The van der Waals surface area contributed by atoms with Gasteiger partial charge in [-0.3, -0.25) is 0 Å². The number of nitrogens with zero attached hydrogens (tertiary/aromatic N) is 2. The second-order valence-electron chi connectivity index (χ2n) is 8.13. The Hall–Kier alpha value is -3.50. The fourth-order valence-electron chi connectivity index (χ4n) is 4.59. The van der Waals surface area contributed by atoms with Crippen LogP contribution in [0.1, 0.15) is 35.4 Å². The van der Waals surface area contributed by atoms with Gasteiger partial charge in [-0.15, -0.1) is 0 Å². The van der Waals surface area contributed by atoms with Crippen LogP contribution < -0.4 is 9.47 Å². The predicted octanol–water partition coefficient (Wildman–Crippen LogP) is 6.74. The summed E-state index contributed by atoms with van der Waals surface area (Å²) in [5, 5.41) is 10.3. The third-order valence-electron chi connectivity index (χ3n) is 6.24. The molecule has 0 aliphatic carbocycles. The predicted molar refractivity (Wildman–Crippen MR) is 127 cm³/mol. The molecular formula is C27H21ClN2O2. The maximum Gasteiger partial charge on any atom is 0.213 e. The molecule has 2 atom stereocenters. The molecule has 0 N–H and O–H groups in total. The number of methoxy groups -OCH3 is 1. The molecule has 0 radical (unpaired) electrons. The van der Waals surface area contributed by atoms with Gasteiger partial charge in [0, 0.05) is 22.6 Å². The van der Waals surface area contributed by atoms with Crippen molar-refractivity contribution < 1.29 is 9.47 Å². The minimum atomic E-state index is -0.322. The van der Waals surface area contributed by atoms with E-state index in [2.05, 4.69) is 47.5 Å². The standard InChI is InChI=1S/C27H21ClN2O2/c1-31-22-11-8-18(9-12-22)27-30-25(23-15-21(28)10-13-26(23)32-27)16-24(29-30)20-7-6-17-4-2-3-5-19(17)14-20/h2-15,25,27H,16H2,1H3/t25-,27-/m0/s1. The highest BCUT2D eigenvalue weighted by molar-refractivity contribution is 6.30. The van der Waals surface area contributed by atoms with Gasteiger partial charge in [0.2, 0.25) is 6.23 Å². The zero-order chi connectivity index (χ0) is 21.7. The molecule has 0 spiro atoms. The number of benzene rings is 4. The van der Waals surface area contributed by atoms with Gasteiger partial charge >= 0.3 is 0 Å². The Morgan fingerprint density at radius 1 is 0.938 bits per heavy atom. The van der Waals surface area contributed by atoms with E-state index in [9.17, 15) is 0 Å². The summed E-state index contributed by atoms with van der Waals surface area (Å²) in [6.07, 6.45) is 0.472. The SMILES string of the molecule is COc1ccc([C@@H]2Oc3ccc(Cl)cc3[C@@H]3CC(c4ccc5ccccc5c4)=NN32)cc1. The van der Waals surface area contributed by atoms with E-state index >= 15 is 0 Å². The average molecular weight is 441 g/mol. The smallest absolute Gasteiger partial charge is 0.213 e. The van der Waals surface area contributed by atoms with Crippen molar-refractivity contribution in [2.45, 2.75) is 18.7 Å². The lowest BCUT2D eigenvalue weighted by molar-refractivity contribution is -0.0190. The van der Waals surface area contributed by atoms with Crippen molar-refractivity contribution in [1.29, 1.82) is 0 Å². The van der Waals surface area contributed by atoms with Crippen LogP contribution in [0, 0.1) is 0 Å². The molecule has 2 aliphatic heterocycles. The highest BCUT2D eigenvalue weighted by atomic mass is 35.5. The quantitative estimate of drug-likeness (QED) is 0.353. The number of hydrogen-bond donors (Lipinski definition) is 0. The second-order valence-corrected chi connectivity index (χ2v) is 8.57. The molecule has 158 valence electrons. The summed E-state index contributed by atoms with van der Waals surface area (Å²) >= 11 is 6.35. The van der Waals surface area contributed by atoms with Crippen molar-refractivity contribution in [3.63, 3.8) is 0 Å². The molecule has 0 unspecified atom stereocenters. The molecule has 0 fully saturated rings. The molecule has 0 aromatic heterocycles. The first-order chi connectivity index (χ1) is 15.7. The first kappa shape index (κ1) is 19.2. The summed E-state index contributed by atoms with van der Waals surface area (Å²) < 4.78 is 11.8. The van der Waals surface area contributed by atoms with Crippen molar-refractivity contribution in [2.75, 3.05) is 7.11 Å². The number of fused-ring (bicyclic) bond motifs is 4. The Kier molecular flexibility index (Phi) is 4.54. The van der Waals surface area contributed by atoms with Gasteiger partial charge in [-0.1, -0.05) is 48.0 Å². The van der Waals surface area contributed by atoms with E-state index in [1.807, 2.05) is 42.5 Å².